The average molecular weight is 431 g/mol. The largest absolute Gasteiger partial charge is 0.378 e. The van der Waals surface area contributed by atoms with Crippen LogP contribution in [0.5, 0.6) is 0 Å². The molecule has 1 N–H and O–H groups in total. The summed E-state index contributed by atoms with van der Waals surface area (Å²) in [6.07, 6.45) is 6.47. The summed E-state index contributed by atoms with van der Waals surface area (Å²) in [5.41, 5.74) is 4.41. The van der Waals surface area contributed by atoms with Crippen molar-refractivity contribution < 1.29 is 9.53 Å². The molecule has 0 spiro atoms. The lowest BCUT2D eigenvalue weighted by atomic mass is 10.1. The van der Waals surface area contributed by atoms with E-state index in [1.807, 2.05) is 30.3 Å². The highest BCUT2D eigenvalue weighted by atomic mass is 16.5. The summed E-state index contributed by atoms with van der Waals surface area (Å²) in [7, 11) is 0. The number of aromatic nitrogens is 2. The van der Waals surface area contributed by atoms with Crippen molar-refractivity contribution in [1.29, 1.82) is 0 Å². The highest BCUT2D eigenvalue weighted by Gasteiger charge is 2.21. The number of carbonyl (C=O) groups excluding carboxylic acids is 1. The van der Waals surface area contributed by atoms with Gasteiger partial charge in [0.05, 0.1) is 30.8 Å². The zero-order chi connectivity index (χ0) is 22.1. The summed E-state index contributed by atoms with van der Waals surface area (Å²) >= 11 is 0. The lowest BCUT2D eigenvalue weighted by molar-refractivity contribution is 0.102. The Morgan fingerprint density at radius 3 is 2.72 bits per heavy atom. The van der Waals surface area contributed by atoms with Crippen molar-refractivity contribution in [2.75, 3.05) is 36.5 Å². The Kier molecular flexibility index (Phi) is 5.49. The Labute approximate surface area is 186 Å². The molecule has 1 fully saturated rings. The molecule has 3 heterocycles. The van der Waals surface area contributed by atoms with Gasteiger partial charge in [-0.25, -0.2) is 4.98 Å². The third-order valence-corrected chi connectivity index (χ3v) is 6.25. The van der Waals surface area contributed by atoms with Crippen molar-refractivity contribution >= 4 is 17.4 Å². The molecule has 1 aliphatic heterocycles. The first-order valence-electron chi connectivity index (χ1n) is 11.1. The van der Waals surface area contributed by atoms with Crippen LogP contribution in [-0.4, -0.2) is 41.8 Å². The minimum absolute atomic E-state index is 0.153. The molecule has 0 bridgehead atoms. The number of carbonyl (C=O) groups is 1. The van der Waals surface area contributed by atoms with Crippen LogP contribution in [0.3, 0.4) is 0 Å². The fraction of sp³-hybridized carbons (Fsp3) is 0.320. The van der Waals surface area contributed by atoms with Crippen LogP contribution in [0.2, 0.25) is 0 Å². The van der Waals surface area contributed by atoms with E-state index in [4.69, 9.17) is 4.74 Å². The fourth-order valence-electron chi connectivity index (χ4n) is 4.55. The predicted octanol–water partition coefficient (Wildman–Crippen LogP) is 3.12. The van der Waals surface area contributed by atoms with Gasteiger partial charge in [0.15, 0.2) is 0 Å². The zero-order valence-corrected chi connectivity index (χ0v) is 18.1. The average Bonchev–Trinajstić information content (AvgIpc) is 3.30. The lowest BCUT2D eigenvalue weighted by Gasteiger charge is -2.27. The molecule has 1 amide bonds. The summed E-state index contributed by atoms with van der Waals surface area (Å²) in [6, 6.07) is 11.6. The number of morpholine rings is 1. The Morgan fingerprint density at radius 1 is 1.09 bits per heavy atom. The van der Waals surface area contributed by atoms with Gasteiger partial charge in [0.25, 0.3) is 11.5 Å². The monoisotopic (exact) mass is 430 g/mol. The van der Waals surface area contributed by atoms with Crippen LogP contribution in [0, 0.1) is 6.92 Å². The number of anilines is 2. The number of amides is 1. The normalized spacial score (nSPS) is 15.5. The standard InChI is InChI=1S/C25H26N4O3/c1-17-10-11-29(21-7-3-5-18-4-2-6-20(18)21)25(31)23(17)24(30)27-19-8-9-22(26-16-19)28-12-14-32-15-13-28/h3,5,7-11,16H,2,4,6,12-15H2,1H3,(H,27,30). The number of hydrogen-bond acceptors (Lipinski definition) is 5. The van der Waals surface area contributed by atoms with Gasteiger partial charge in [-0.3, -0.25) is 14.2 Å². The lowest BCUT2D eigenvalue weighted by Crippen LogP contribution is -2.36. The number of nitrogens with zero attached hydrogens (tertiary/aromatic N) is 3. The number of nitrogens with one attached hydrogen (secondary N) is 1. The van der Waals surface area contributed by atoms with Crippen LogP contribution < -0.4 is 15.8 Å². The Bertz CT molecular complexity index is 1210. The van der Waals surface area contributed by atoms with E-state index in [9.17, 15) is 9.59 Å². The first-order chi connectivity index (χ1) is 15.6. The van der Waals surface area contributed by atoms with Gasteiger partial charge in [0.2, 0.25) is 0 Å². The second-order valence-electron chi connectivity index (χ2n) is 8.28. The SMILES string of the molecule is Cc1ccn(-c2cccc3c2CCC3)c(=O)c1C(=O)Nc1ccc(N2CCOCC2)nc1. The molecule has 1 aromatic carbocycles. The summed E-state index contributed by atoms with van der Waals surface area (Å²) in [5, 5.41) is 2.84. The molecule has 0 atom stereocenters. The molecule has 0 unspecified atom stereocenters. The molecule has 1 aliphatic carbocycles. The van der Waals surface area contributed by atoms with Gasteiger partial charge in [-0.1, -0.05) is 12.1 Å². The van der Waals surface area contributed by atoms with Gasteiger partial charge in [0.1, 0.15) is 11.4 Å². The van der Waals surface area contributed by atoms with E-state index < -0.39 is 5.91 Å². The van der Waals surface area contributed by atoms with Crippen molar-refractivity contribution in [2.24, 2.45) is 0 Å². The highest BCUT2D eigenvalue weighted by molar-refractivity contribution is 6.05. The molecule has 3 aromatic rings. The minimum Gasteiger partial charge on any atom is -0.378 e. The van der Waals surface area contributed by atoms with Crippen LogP contribution in [0.1, 0.15) is 33.5 Å². The Balaban J connectivity index is 1.41. The number of pyridine rings is 2. The number of hydrogen-bond donors (Lipinski definition) is 1. The number of rotatable bonds is 4. The van der Waals surface area contributed by atoms with Gasteiger partial charge >= 0.3 is 0 Å². The van der Waals surface area contributed by atoms with Crippen molar-refractivity contribution in [3.8, 4) is 5.69 Å². The van der Waals surface area contributed by atoms with Gasteiger partial charge < -0.3 is 15.0 Å². The van der Waals surface area contributed by atoms with Gasteiger partial charge in [-0.2, -0.15) is 0 Å². The number of aryl methyl sites for hydroxylation is 2. The first kappa shape index (κ1) is 20.5. The molecule has 7 nitrogen and oxygen atoms in total. The molecule has 2 aliphatic rings. The van der Waals surface area contributed by atoms with Crippen molar-refractivity contribution in [1.82, 2.24) is 9.55 Å². The maximum atomic E-state index is 13.4. The van der Waals surface area contributed by atoms with E-state index >= 15 is 0 Å². The highest BCUT2D eigenvalue weighted by Crippen LogP contribution is 2.27. The van der Waals surface area contributed by atoms with Crippen LogP contribution in [0.15, 0.2) is 53.6 Å². The molecule has 5 rings (SSSR count). The molecule has 164 valence electrons. The van der Waals surface area contributed by atoms with E-state index in [0.717, 1.165) is 43.9 Å². The molecule has 1 saturated heterocycles. The van der Waals surface area contributed by atoms with E-state index in [-0.39, 0.29) is 11.1 Å². The molecule has 7 heteroatoms. The summed E-state index contributed by atoms with van der Waals surface area (Å²) in [6.45, 7) is 4.75. The molecular formula is C25H26N4O3. The van der Waals surface area contributed by atoms with Crippen molar-refractivity contribution in [3.63, 3.8) is 0 Å². The van der Waals surface area contributed by atoms with Crippen LogP contribution in [0.4, 0.5) is 11.5 Å². The Morgan fingerprint density at radius 2 is 1.94 bits per heavy atom. The quantitative estimate of drug-likeness (QED) is 0.688. The molecule has 2 aromatic heterocycles. The van der Waals surface area contributed by atoms with Crippen molar-refractivity contribution in [2.45, 2.75) is 26.2 Å². The van der Waals surface area contributed by atoms with Crippen LogP contribution >= 0.6 is 0 Å². The van der Waals surface area contributed by atoms with Gasteiger partial charge in [0, 0.05) is 19.3 Å². The molecular weight excluding hydrogens is 404 g/mol. The second-order valence-corrected chi connectivity index (χ2v) is 8.28. The molecule has 32 heavy (non-hydrogen) atoms. The number of fused-ring (bicyclic) bond motifs is 1. The summed E-state index contributed by atoms with van der Waals surface area (Å²) < 4.78 is 6.98. The van der Waals surface area contributed by atoms with Crippen molar-refractivity contribution in [3.05, 3.63) is 81.4 Å². The molecule has 0 saturated carbocycles. The zero-order valence-electron chi connectivity index (χ0n) is 18.1. The molecule has 0 radical (unpaired) electrons. The van der Waals surface area contributed by atoms with Gasteiger partial charge in [-0.05, 0) is 67.1 Å². The van der Waals surface area contributed by atoms with Gasteiger partial charge in [-0.15, -0.1) is 0 Å². The first-order valence-corrected chi connectivity index (χ1v) is 11.1. The van der Waals surface area contributed by atoms with E-state index in [1.165, 1.54) is 11.1 Å². The second kappa shape index (κ2) is 8.59. The van der Waals surface area contributed by atoms with Crippen LogP contribution in [0.25, 0.3) is 5.69 Å². The Hall–Kier alpha value is -3.45. The summed E-state index contributed by atoms with van der Waals surface area (Å²) in [4.78, 5) is 33.0. The fourth-order valence-corrected chi connectivity index (χ4v) is 4.55. The maximum absolute atomic E-state index is 13.4. The number of benzene rings is 1. The topological polar surface area (TPSA) is 76.5 Å². The summed E-state index contributed by atoms with van der Waals surface area (Å²) in [5.74, 6) is 0.429. The van der Waals surface area contributed by atoms with E-state index in [0.29, 0.717) is 24.5 Å². The smallest absolute Gasteiger partial charge is 0.268 e. The number of ether oxygens (including phenoxy) is 1. The van der Waals surface area contributed by atoms with E-state index in [2.05, 4.69) is 21.3 Å². The van der Waals surface area contributed by atoms with E-state index in [1.54, 1.807) is 23.9 Å². The third-order valence-electron chi connectivity index (χ3n) is 6.25. The maximum Gasteiger partial charge on any atom is 0.268 e. The minimum atomic E-state index is -0.421. The van der Waals surface area contributed by atoms with Crippen LogP contribution in [-0.2, 0) is 17.6 Å². The predicted molar refractivity (Wildman–Crippen MR) is 124 cm³/mol. The third kappa shape index (κ3) is 3.80.